The van der Waals surface area contributed by atoms with E-state index in [4.69, 9.17) is 19.1 Å². The van der Waals surface area contributed by atoms with Crippen LogP contribution in [0.25, 0.3) is 89.1 Å². The summed E-state index contributed by atoms with van der Waals surface area (Å²) >= 11 is 0. The second kappa shape index (κ2) is 15.1. The quantitative estimate of drug-likeness (QED) is 0.162. The summed E-state index contributed by atoms with van der Waals surface area (Å²) in [5, 5.41) is 2.20. The van der Waals surface area contributed by atoms with Gasteiger partial charge in [0.15, 0.2) is 0 Å². The molecule has 0 atom stereocenters. The third kappa shape index (κ3) is 7.39. The number of furan rings is 1. The normalized spacial score (nSPS) is 12.0. The summed E-state index contributed by atoms with van der Waals surface area (Å²) in [6.07, 6.45) is 0. The van der Waals surface area contributed by atoms with Crippen molar-refractivity contribution in [2.75, 3.05) is 7.11 Å². The molecule has 0 aliphatic carbocycles. The molecule has 0 fully saturated rings. The fourth-order valence-corrected chi connectivity index (χ4v) is 8.20. The predicted molar refractivity (Wildman–Crippen MR) is 251 cm³/mol. The number of benzene rings is 6. The maximum atomic E-state index is 6.81. The lowest BCUT2D eigenvalue weighted by Crippen LogP contribution is -2.16. The van der Waals surface area contributed by atoms with E-state index in [0.29, 0.717) is 0 Å². The van der Waals surface area contributed by atoms with Gasteiger partial charge in [0.25, 0.3) is 0 Å². The van der Waals surface area contributed by atoms with E-state index < -0.39 is 0 Å². The molecule has 0 saturated heterocycles. The first-order valence-electron chi connectivity index (χ1n) is 20.8. The Balaban J connectivity index is 1.18. The van der Waals surface area contributed by atoms with E-state index in [-0.39, 0.29) is 10.8 Å². The van der Waals surface area contributed by atoms with Crippen LogP contribution in [0.3, 0.4) is 0 Å². The molecule has 296 valence electrons. The van der Waals surface area contributed by atoms with E-state index in [1.807, 2.05) is 24.3 Å². The standard InChI is InChI=1S/C56H50N2O2/c1-35-27-41(45-23-16-25-47-46-24-15-22-44(53(46)60-54(45)47)36-17-10-9-11-18-36)33-49(57-35)37-19-14-20-38(28-37)50-31-40(32-51(58-50)48-21-12-13-26-52(48)59-8)39-29-42(55(2,3)4)34-43(30-39)56(5,6)7/h9-34H,1-8H3. The number of fused-ring (bicyclic) bond motifs is 3. The van der Waals surface area contributed by atoms with Gasteiger partial charge in [-0.25, -0.2) is 4.98 Å². The largest absolute Gasteiger partial charge is 0.496 e. The topological polar surface area (TPSA) is 48.2 Å². The summed E-state index contributed by atoms with van der Waals surface area (Å²) < 4.78 is 12.7. The van der Waals surface area contributed by atoms with Crippen LogP contribution < -0.4 is 4.74 Å². The summed E-state index contributed by atoms with van der Waals surface area (Å²) in [6.45, 7) is 15.8. The molecule has 3 heterocycles. The van der Waals surface area contributed by atoms with Crippen LogP contribution in [-0.2, 0) is 10.8 Å². The highest BCUT2D eigenvalue weighted by atomic mass is 16.5. The molecular formula is C56H50N2O2. The molecule has 0 spiro atoms. The molecule has 60 heavy (non-hydrogen) atoms. The molecule has 0 amide bonds. The van der Waals surface area contributed by atoms with E-state index in [9.17, 15) is 0 Å². The van der Waals surface area contributed by atoms with Crippen molar-refractivity contribution in [1.29, 1.82) is 0 Å². The van der Waals surface area contributed by atoms with Gasteiger partial charge in [-0.15, -0.1) is 0 Å². The van der Waals surface area contributed by atoms with Crippen molar-refractivity contribution in [3.05, 3.63) is 175 Å². The fourth-order valence-electron chi connectivity index (χ4n) is 8.20. The van der Waals surface area contributed by atoms with Crippen LogP contribution in [0.1, 0.15) is 58.4 Å². The minimum absolute atomic E-state index is 0.0214. The van der Waals surface area contributed by atoms with Crippen LogP contribution >= 0.6 is 0 Å². The van der Waals surface area contributed by atoms with Crippen molar-refractivity contribution in [3.63, 3.8) is 0 Å². The SMILES string of the molecule is COc1ccccc1-c1cc(-c2cc(C(C)(C)C)cc(C(C)(C)C)c2)cc(-c2cccc(-c3cc(-c4cccc5c4oc4c(-c6ccccc6)cccc45)cc(C)n3)c2)n1. The fraction of sp³-hybridized carbons (Fsp3) is 0.179. The van der Waals surface area contributed by atoms with Crippen LogP contribution in [-0.4, -0.2) is 17.1 Å². The lowest BCUT2D eigenvalue weighted by atomic mass is 9.79. The highest BCUT2D eigenvalue weighted by molar-refractivity contribution is 6.13. The summed E-state index contributed by atoms with van der Waals surface area (Å²) in [4.78, 5) is 10.4. The first-order valence-corrected chi connectivity index (χ1v) is 20.8. The van der Waals surface area contributed by atoms with E-state index in [1.54, 1.807) is 7.11 Å². The Morgan fingerprint density at radius 2 is 0.917 bits per heavy atom. The van der Waals surface area contributed by atoms with Crippen LogP contribution in [0.2, 0.25) is 0 Å². The number of para-hydroxylation sites is 3. The maximum Gasteiger partial charge on any atom is 0.143 e. The molecule has 4 heteroatoms. The van der Waals surface area contributed by atoms with Crippen molar-refractivity contribution in [2.24, 2.45) is 0 Å². The molecule has 0 saturated carbocycles. The van der Waals surface area contributed by atoms with Crippen molar-refractivity contribution >= 4 is 21.9 Å². The molecule has 0 radical (unpaired) electrons. The van der Waals surface area contributed by atoms with Gasteiger partial charge < -0.3 is 9.15 Å². The second-order valence-electron chi connectivity index (χ2n) is 17.9. The molecule has 9 rings (SSSR count). The minimum Gasteiger partial charge on any atom is -0.496 e. The predicted octanol–water partition coefficient (Wildman–Crippen LogP) is 15.3. The smallest absolute Gasteiger partial charge is 0.143 e. The third-order valence-corrected chi connectivity index (χ3v) is 11.5. The zero-order valence-corrected chi connectivity index (χ0v) is 35.7. The number of aromatic nitrogens is 2. The number of nitrogens with zero attached hydrogens (tertiary/aromatic N) is 2. The molecule has 0 bridgehead atoms. The van der Waals surface area contributed by atoms with Gasteiger partial charge in [0.1, 0.15) is 16.9 Å². The van der Waals surface area contributed by atoms with Gasteiger partial charge in [0, 0.05) is 44.3 Å². The number of ether oxygens (including phenoxy) is 1. The number of hydrogen-bond donors (Lipinski definition) is 0. The zero-order valence-electron chi connectivity index (χ0n) is 35.7. The van der Waals surface area contributed by atoms with Gasteiger partial charge in [-0.2, -0.15) is 0 Å². The third-order valence-electron chi connectivity index (χ3n) is 11.5. The summed E-state index contributed by atoms with van der Waals surface area (Å²) in [5.41, 5.74) is 17.4. The average Bonchev–Trinajstić information content (AvgIpc) is 3.65. The van der Waals surface area contributed by atoms with Crippen molar-refractivity contribution < 1.29 is 9.15 Å². The van der Waals surface area contributed by atoms with Crippen molar-refractivity contribution in [1.82, 2.24) is 9.97 Å². The second-order valence-corrected chi connectivity index (χ2v) is 17.9. The molecule has 3 aromatic heterocycles. The highest BCUT2D eigenvalue weighted by Gasteiger charge is 2.23. The zero-order chi connectivity index (χ0) is 41.8. The molecule has 0 unspecified atom stereocenters. The average molecular weight is 783 g/mol. The lowest BCUT2D eigenvalue weighted by molar-refractivity contribution is 0.416. The number of aryl methyl sites for hydroxylation is 1. The lowest BCUT2D eigenvalue weighted by Gasteiger charge is -2.26. The van der Waals surface area contributed by atoms with Gasteiger partial charge in [-0.05, 0) is 93.6 Å². The van der Waals surface area contributed by atoms with E-state index in [1.165, 1.54) is 16.7 Å². The van der Waals surface area contributed by atoms with Gasteiger partial charge in [-0.1, -0.05) is 157 Å². The Kier molecular flexibility index (Phi) is 9.75. The monoisotopic (exact) mass is 782 g/mol. The Hall–Kier alpha value is -6.78. The molecule has 0 N–H and O–H groups in total. The maximum absolute atomic E-state index is 6.81. The van der Waals surface area contributed by atoms with Gasteiger partial charge in [-0.3, -0.25) is 4.98 Å². The summed E-state index contributed by atoms with van der Waals surface area (Å²) in [7, 11) is 1.72. The van der Waals surface area contributed by atoms with E-state index >= 15 is 0 Å². The van der Waals surface area contributed by atoms with Crippen LogP contribution in [0.5, 0.6) is 5.75 Å². The number of hydrogen-bond acceptors (Lipinski definition) is 4. The highest BCUT2D eigenvalue weighted by Crippen LogP contribution is 2.42. The first-order chi connectivity index (χ1) is 28.8. The van der Waals surface area contributed by atoms with Crippen molar-refractivity contribution in [2.45, 2.75) is 59.3 Å². The Morgan fingerprint density at radius 1 is 0.417 bits per heavy atom. The van der Waals surface area contributed by atoms with Crippen LogP contribution in [0.15, 0.2) is 162 Å². The summed E-state index contributed by atoms with van der Waals surface area (Å²) in [5.74, 6) is 0.785. The Labute approximate surface area is 353 Å². The molecular weight excluding hydrogens is 733 g/mol. The molecule has 4 nitrogen and oxygen atoms in total. The number of pyridine rings is 2. The molecule has 6 aromatic carbocycles. The molecule has 0 aliphatic rings. The van der Waals surface area contributed by atoms with Crippen LogP contribution in [0.4, 0.5) is 0 Å². The first kappa shape index (κ1) is 38.7. The minimum atomic E-state index is -0.0214. The Bertz CT molecular complexity index is 3020. The van der Waals surface area contributed by atoms with Crippen LogP contribution in [0, 0.1) is 6.92 Å². The van der Waals surface area contributed by atoms with Crippen molar-refractivity contribution in [3.8, 4) is 72.9 Å². The van der Waals surface area contributed by atoms with E-state index in [0.717, 1.165) is 95.0 Å². The number of rotatable bonds is 7. The molecule has 9 aromatic rings. The van der Waals surface area contributed by atoms with Gasteiger partial charge >= 0.3 is 0 Å². The van der Waals surface area contributed by atoms with Gasteiger partial charge in [0.2, 0.25) is 0 Å². The molecule has 0 aliphatic heterocycles. The Morgan fingerprint density at radius 3 is 1.55 bits per heavy atom. The van der Waals surface area contributed by atoms with E-state index in [2.05, 4.69) is 182 Å². The number of methoxy groups -OCH3 is 1. The van der Waals surface area contributed by atoms with Gasteiger partial charge in [0.05, 0.1) is 24.2 Å². The summed E-state index contributed by atoms with van der Waals surface area (Å²) in [6, 6.07) is 55.8.